The van der Waals surface area contributed by atoms with Gasteiger partial charge in [-0.15, -0.1) is 0 Å². The average molecular weight is 594 g/mol. The largest absolute Gasteiger partial charge is 0.471 e. The molecule has 0 amide bonds. The van der Waals surface area contributed by atoms with Crippen molar-refractivity contribution in [1.29, 1.82) is 0 Å². The molecule has 1 aliphatic carbocycles. The van der Waals surface area contributed by atoms with Crippen LogP contribution in [0.25, 0.3) is 22.2 Å². The number of ether oxygens (including phenoxy) is 2. The zero-order valence-electron chi connectivity index (χ0n) is 25.3. The Hall–Kier alpha value is -5.01. The highest BCUT2D eigenvalue weighted by Crippen LogP contribution is 2.45. The molecule has 7 heteroatoms. The standard InChI is InChI=1S/C38H35N5O2/c1-37(18-19-37)45-35-26-32-33(27-40-35)43(41-36(32)28-17-20-39-34(25-28)42-21-23-44-24-22-42)38(29-11-5-2-6-12-29,30-13-7-3-8-14-30)31-15-9-4-10-16-31/h2-17,20,25-27H,18-19,21-24H2,1H3. The maximum atomic E-state index is 6.40. The Morgan fingerprint density at radius 1 is 0.756 bits per heavy atom. The molecule has 0 unspecified atom stereocenters. The van der Waals surface area contributed by atoms with E-state index in [-0.39, 0.29) is 5.60 Å². The highest BCUT2D eigenvalue weighted by Gasteiger charge is 2.42. The van der Waals surface area contributed by atoms with Crippen LogP contribution in [0.15, 0.2) is 122 Å². The maximum absolute atomic E-state index is 6.40. The topological polar surface area (TPSA) is 65.3 Å². The van der Waals surface area contributed by atoms with Gasteiger partial charge in [0.1, 0.15) is 22.7 Å². The van der Waals surface area contributed by atoms with E-state index in [1.165, 1.54) is 0 Å². The Labute approximate surface area is 263 Å². The highest BCUT2D eigenvalue weighted by molar-refractivity contribution is 5.94. The molecule has 8 rings (SSSR count). The van der Waals surface area contributed by atoms with Crippen LogP contribution in [0.4, 0.5) is 5.82 Å². The van der Waals surface area contributed by atoms with Gasteiger partial charge in [-0.05, 0) is 48.6 Å². The number of morpholine rings is 1. The second-order valence-corrected chi connectivity index (χ2v) is 12.2. The van der Waals surface area contributed by atoms with Crippen molar-refractivity contribution in [3.63, 3.8) is 0 Å². The number of anilines is 1. The number of fused-ring (bicyclic) bond motifs is 1. The third kappa shape index (κ3) is 4.93. The van der Waals surface area contributed by atoms with Crippen molar-refractivity contribution in [2.45, 2.75) is 30.9 Å². The second kappa shape index (κ2) is 11.2. The highest BCUT2D eigenvalue weighted by atomic mass is 16.5. The Bertz CT molecular complexity index is 1840. The Morgan fingerprint density at radius 3 is 1.93 bits per heavy atom. The first-order valence-corrected chi connectivity index (χ1v) is 15.7. The van der Waals surface area contributed by atoms with Gasteiger partial charge in [-0.2, -0.15) is 5.10 Å². The fourth-order valence-electron chi connectivity index (χ4n) is 6.49. The predicted octanol–water partition coefficient (Wildman–Crippen LogP) is 7.10. The van der Waals surface area contributed by atoms with Gasteiger partial charge in [-0.25, -0.2) is 14.6 Å². The number of hydrogen-bond acceptors (Lipinski definition) is 6. The van der Waals surface area contributed by atoms with Gasteiger partial charge in [0.2, 0.25) is 5.88 Å². The summed E-state index contributed by atoms with van der Waals surface area (Å²) in [7, 11) is 0. The summed E-state index contributed by atoms with van der Waals surface area (Å²) in [6.45, 7) is 5.16. The molecule has 3 aromatic heterocycles. The molecule has 0 N–H and O–H groups in total. The summed E-state index contributed by atoms with van der Waals surface area (Å²) < 4.78 is 14.2. The quantitative estimate of drug-likeness (QED) is 0.175. The Kier molecular flexibility index (Phi) is 6.83. The first-order valence-electron chi connectivity index (χ1n) is 15.7. The molecule has 0 spiro atoms. The van der Waals surface area contributed by atoms with Gasteiger partial charge in [0, 0.05) is 36.3 Å². The van der Waals surface area contributed by atoms with Crippen LogP contribution in [-0.4, -0.2) is 51.7 Å². The lowest BCUT2D eigenvalue weighted by molar-refractivity contribution is 0.122. The van der Waals surface area contributed by atoms with E-state index in [1.54, 1.807) is 0 Å². The van der Waals surface area contributed by atoms with Crippen LogP contribution in [0.3, 0.4) is 0 Å². The number of aromatic nitrogens is 4. The molecule has 1 saturated heterocycles. The van der Waals surface area contributed by atoms with E-state index in [0.717, 1.165) is 70.6 Å². The molecule has 0 atom stereocenters. The fraction of sp³-hybridized carbons (Fsp3) is 0.237. The average Bonchev–Trinajstić information content (AvgIpc) is 3.72. The van der Waals surface area contributed by atoms with E-state index in [0.29, 0.717) is 19.1 Å². The predicted molar refractivity (Wildman–Crippen MR) is 177 cm³/mol. The smallest absolute Gasteiger partial charge is 0.214 e. The first-order chi connectivity index (χ1) is 22.1. The van der Waals surface area contributed by atoms with Crippen LogP contribution >= 0.6 is 0 Å². The van der Waals surface area contributed by atoms with Gasteiger partial charge >= 0.3 is 0 Å². The molecule has 1 saturated carbocycles. The van der Waals surface area contributed by atoms with E-state index in [2.05, 4.69) is 126 Å². The number of rotatable bonds is 8. The van der Waals surface area contributed by atoms with Crippen molar-refractivity contribution in [2.24, 2.45) is 0 Å². The van der Waals surface area contributed by atoms with E-state index in [4.69, 9.17) is 24.5 Å². The van der Waals surface area contributed by atoms with Gasteiger partial charge in [0.05, 0.1) is 24.9 Å². The van der Waals surface area contributed by atoms with Crippen molar-refractivity contribution in [1.82, 2.24) is 19.7 Å². The van der Waals surface area contributed by atoms with Crippen molar-refractivity contribution >= 4 is 16.7 Å². The number of pyridine rings is 2. The number of benzene rings is 3. The summed E-state index contributed by atoms with van der Waals surface area (Å²) in [5.74, 6) is 1.55. The lowest BCUT2D eigenvalue weighted by Crippen LogP contribution is -2.38. The molecule has 0 bridgehead atoms. The van der Waals surface area contributed by atoms with Crippen LogP contribution in [0.5, 0.6) is 5.88 Å². The van der Waals surface area contributed by atoms with Crippen LogP contribution in [-0.2, 0) is 10.3 Å². The van der Waals surface area contributed by atoms with Gasteiger partial charge in [0.25, 0.3) is 0 Å². The number of hydrogen-bond donors (Lipinski definition) is 0. The van der Waals surface area contributed by atoms with Crippen molar-refractivity contribution in [2.75, 3.05) is 31.2 Å². The minimum atomic E-state index is -0.785. The summed E-state index contributed by atoms with van der Waals surface area (Å²) in [4.78, 5) is 11.9. The molecular weight excluding hydrogens is 558 g/mol. The SMILES string of the molecule is CC1(Oc2cc3c(-c4ccnc(N5CCOCC5)c4)nn(C(c4ccccc4)(c4ccccc4)c4ccccc4)c3cn2)CC1. The summed E-state index contributed by atoms with van der Waals surface area (Å²) in [6.07, 6.45) is 5.88. The summed E-state index contributed by atoms with van der Waals surface area (Å²) in [6, 6.07) is 38.2. The lowest BCUT2D eigenvalue weighted by atomic mass is 9.77. The minimum absolute atomic E-state index is 0.154. The summed E-state index contributed by atoms with van der Waals surface area (Å²) in [5, 5.41) is 6.53. The van der Waals surface area contributed by atoms with Gasteiger partial charge in [0.15, 0.2) is 0 Å². The molecule has 6 aromatic rings. The third-order valence-electron chi connectivity index (χ3n) is 9.09. The molecule has 7 nitrogen and oxygen atoms in total. The zero-order valence-corrected chi connectivity index (χ0v) is 25.3. The Balaban J connectivity index is 1.42. The third-order valence-corrected chi connectivity index (χ3v) is 9.09. The molecule has 224 valence electrons. The molecular formula is C38H35N5O2. The van der Waals surface area contributed by atoms with Crippen molar-refractivity contribution in [3.8, 4) is 17.1 Å². The van der Waals surface area contributed by atoms with E-state index < -0.39 is 5.54 Å². The van der Waals surface area contributed by atoms with Crippen LogP contribution < -0.4 is 9.64 Å². The zero-order chi connectivity index (χ0) is 30.3. The summed E-state index contributed by atoms with van der Waals surface area (Å²) >= 11 is 0. The Morgan fingerprint density at radius 2 is 1.36 bits per heavy atom. The lowest BCUT2D eigenvalue weighted by Gasteiger charge is -2.37. The van der Waals surface area contributed by atoms with Gasteiger partial charge in [-0.1, -0.05) is 91.0 Å². The summed E-state index contributed by atoms with van der Waals surface area (Å²) in [5.41, 5.74) is 5.15. The van der Waals surface area contributed by atoms with Crippen LogP contribution in [0.2, 0.25) is 0 Å². The van der Waals surface area contributed by atoms with Crippen molar-refractivity contribution in [3.05, 3.63) is 138 Å². The number of nitrogens with zero attached hydrogens (tertiary/aromatic N) is 5. The monoisotopic (exact) mass is 593 g/mol. The molecule has 4 heterocycles. The second-order valence-electron chi connectivity index (χ2n) is 12.2. The first kappa shape index (κ1) is 27.5. The van der Waals surface area contributed by atoms with E-state index in [1.807, 2.05) is 12.4 Å². The fourth-order valence-corrected chi connectivity index (χ4v) is 6.49. The van der Waals surface area contributed by atoms with Gasteiger partial charge in [-0.3, -0.25) is 0 Å². The van der Waals surface area contributed by atoms with E-state index in [9.17, 15) is 0 Å². The molecule has 3 aromatic carbocycles. The van der Waals surface area contributed by atoms with Crippen LogP contribution in [0.1, 0.15) is 36.5 Å². The molecule has 1 aliphatic heterocycles. The van der Waals surface area contributed by atoms with Gasteiger partial charge < -0.3 is 14.4 Å². The molecule has 0 radical (unpaired) electrons. The molecule has 45 heavy (non-hydrogen) atoms. The molecule has 2 fully saturated rings. The maximum Gasteiger partial charge on any atom is 0.214 e. The van der Waals surface area contributed by atoms with Crippen molar-refractivity contribution < 1.29 is 9.47 Å². The van der Waals surface area contributed by atoms with E-state index >= 15 is 0 Å². The van der Waals surface area contributed by atoms with Crippen LogP contribution in [0, 0.1) is 0 Å². The molecule has 2 aliphatic rings. The minimum Gasteiger partial charge on any atom is -0.471 e. The normalized spacial score (nSPS) is 16.1.